The van der Waals surface area contributed by atoms with Crippen molar-refractivity contribution in [1.29, 1.82) is 0 Å². The maximum atomic E-state index is 4.95. The Morgan fingerprint density at radius 1 is 1.25 bits per heavy atom. The summed E-state index contributed by atoms with van der Waals surface area (Å²) in [6.45, 7) is 0. The zero-order chi connectivity index (χ0) is 5.98. The lowest BCUT2D eigenvalue weighted by Gasteiger charge is -1.89. The zero-order valence-corrected chi connectivity index (χ0v) is 7.07. The third-order valence-corrected chi connectivity index (χ3v) is 2.50. The Kier molecular flexibility index (Phi) is 2.08. The van der Waals surface area contributed by atoms with Gasteiger partial charge in [0.15, 0.2) is 0 Å². The molecule has 0 unspecified atom stereocenters. The second kappa shape index (κ2) is 2.64. The minimum absolute atomic E-state index is 0.938. The average molecular weight is 235 g/mol. The number of rotatable bonds is 0. The van der Waals surface area contributed by atoms with Crippen LogP contribution in [0.2, 0.25) is 0 Å². The highest BCUT2D eigenvalue weighted by atomic mass is 127. The summed E-state index contributed by atoms with van der Waals surface area (Å²) in [5.41, 5.74) is 0. The minimum Gasteiger partial charge on any atom is -0.0790 e. The molecule has 0 saturated heterocycles. The molecule has 0 fully saturated rings. The van der Waals surface area contributed by atoms with Crippen molar-refractivity contribution in [3.63, 3.8) is 0 Å². The molecule has 0 N–H and O–H groups in total. The minimum atomic E-state index is 0.938. The van der Waals surface area contributed by atoms with Gasteiger partial charge in [-0.1, -0.05) is 24.8 Å². The Morgan fingerprint density at radius 3 is 2.25 bits per heavy atom. The number of hydrogen-bond donors (Lipinski definition) is 0. The molecule has 0 atom stereocenters. The van der Waals surface area contributed by atoms with E-state index in [1.54, 1.807) is 0 Å². The highest BCUT2D eigenvalue weighted by Crippen LogP contribution is 2.13. The van der Waals surface area contributed by atoms with Crippen LogP contribution in [-0.4, -0.2) is 0 Å². The van der Waals surface area contributed by atoms with Crippen LogP contribution in [0, 0.1) is 3.57 Å². The summed E-state index contributed by atoms with van der Waals surface area (Å²) in [7, 11) is 0. The quantitative estimate of drug-likeness (QED) is 0.606. The third kappa shape index (κ3) is 1.32. The molecule has 1 rings (SSSR count). The molecule has 0 spiro atoms. The fourth-order valence-electron chi connectivity index (χ4n) is 0.445. The molecular formula is C6H4IS. The molecule has 2 heteroatoms. The van der Waals surface area contributed by atoms with Gasteiger partial charge in [-0.05, 0) is 34.7 Å². The van der Waals surface area contributed by atoms with E-state index in [-0.39, 0.29) is 0 Å². The van der Waals surface area contributed by atoms with Crippen molar-refractivity contribution in [3.05, 3.63) is 27.8 Å². The Morgan fingerprint density at radius 2 is 1.88 bits per heavy atom. The predicted molar refractivity (Wildman–Crippen MR) is 45.0 cm³/mol. The second-order valence-corrected chi connectivity index (χ2v) is 3.03. The van der Waals surface area contributed by atoms with E-state index < -0.39 is 0 Å². The van der Waals surface area contributed by atoms with Gasteiger partial charge in [-0.3, -0.25) is 0 Å². The van der Waals surface area contributed by atoms with Crippen LogP contribution < -0.4 is 0 Å². The van der Waals surface area contributed by atoms with E-state index in [1.807, 2.05) is 24.3 Å². The maximum absolute atomic E-state index is 4.95. The number of benzene rings is 1. The Hall–Kier alpha value is 0.170. The summed E-state index contributed by atoms with van der Waals surface area (Å²) in [6, 6.07) is 7.86. The van der Waals surface area contributed by atoms with Gasteiger partial charge in [-0.15, -0.1) is 0 Å². The SMILES string of the molecule is [S]c1ccccc1I. The van der Waals surface area contributed by atoms with E-state index in [9.17, 15) is 0 Å². The van der Waals surface area contributed by atoms with E-state index in [0.29, 0.717) is 0 Å². The molecule has 41 valence electrons. The van der Waals surface area contributed by atoms with E-state index in [2.05, 4.69) is 22.6 Å². The van der Waals surface area contributed by atoms with Crippen LogP contribution >= 0.6 is 35.2 Å². The molecule has 0 amide bonds. The van der Waals surface area contributed by atoms with Crippen LogP contribution in [0.1, 0.15) is 0 Å². The van der Waals surface area contributed by atoms with Crippen LogP contribution in [0.4, 0.5) is 0 Å². The monoisotopic (exact) mass is 235 g/mol. The molecule has 0 saturated carbocycles. The first-order valence-electron chi connectivity index (χ1n) is 2.22. The molecule has 1 aromatic carbocycles. The third-order valence-electron chi connectivity index (χ3n) is 0.837. The Bertz CT molecular complexity index is 165. The second-order valence-electron chi connectivity index (χ2n) is 1.43. The summed E-state index contributed by atoms with van der Waals surface area (Å²) in [5, 5.41) is 0. The van der Waals surface area contributed by atoms with Crippen LogP contribution in [0.15, 0.2) is 29.2 Å². The maximum Gasteiger partial charge on any atom is 0.0510 e. The summed E-state index contributed by atoms with van der Waals surface area (Å²) < 4.78 is 1.15. The van der Waals surface area contributed by atoms with Gasteiger partial charge in [0, 0.05) is 3.57 Å². The number of hydrogen-bond acceptors (Lipinski definition) is 0. The van der Waals surface area contributed by atoms with Gasteiger partial charge in [-0.2, -0.15) is 0 Å². The summed E-state index contributed by atoms with van der Waals surface area (Å²) >= 11 is 7.17. The fraction of sp³-hybridized carbons (Fsp3) is 0. The topological polar surface area (TPSA) is 0 Å². The van der Waals surface area contributed by atoms with Gasteiger partial charge in [0.25, 0.3) is 0 Å². The normalized spacial score (nSPS) is 9.12. The molecule has 0 aliphatic carbocycles. The van der Waals surface area contributed by atoms with Gasteiger partial charge in [0.05, 0.1) is 4.90 Å². The molecule has 1 aromatic rings. The highest BCUT2D eigenvalue weighted by molar-refractivity contribution is 14.1. The Balaban J connectivity index is 3.13. The van der Waals surface area contributed by atoms with E-state index in [4.69, 9.17) is 12.6 Å². The van der Waals surface area contributed by atoms with E-state index >= 15 is 0 Å². The lowest BCUT2D eigenvalue weighted by molar-refractivity contribution is 1.42. The lowest BCUT2D eigenvalue weighted by atomic mass is 10.4. The molecule has 0 bridgehead atoms. The standard InChI is InChI=1S/C6H4IS/c7-5-3-1-2-4-6(5)8/h1-4H. The van der Waals surface area contributed by atoms with Crippen molar-refractivity contribution < 1.29 is 0 Å². The van der Waals surface area contributed by atoms with Gasteiger partial charge in [-0.25, -0.2) is 0 Å². The van der Waals surface area contributed by atoms with Crippen molar-refractivity contribution in [1.82, 2.24) is 0 Å². The summed E-state index contributed by atoms with van der Waals surface area (Å²) in [5.74, 6) is 0. The van der Waals surface area contributed by atoms with Crippen molar-refractivity contribution >= 4 is 35.2 Å². The first kappa shape index (κ1) is 6.29. The van der Waals surface area contributed by atoms with Crippen molar-refractivity contribution in [2.24, 2.45) is 0 Å². The molecule has 0 aliphatic heterocycles. The molecule has 0 heterocycles. The van der Waals surface area contributed by atoms with Crippen molar-refractivity contribution in [2.75, 3.05) is 0 Å². The fourth-order valence-corrected chi connectivity index (χ4v) is 0.979. The molecule has 0 aliphatic rings. The first-order chi connectivity index (χ1) is 3.80. The van der Waals surface area contributed by atoms with Gasteiger partial charge >= 0.3 is 0 Å². The van der Waals surface area contributed by atoms with Crippen LogP contribution in [0.25, 0.3) is 0 Å². The van der Waals surface area contributed by atoms with Gasteiger partial charge < -0.3 is 0 Å². The summed E-state index contributed by atoms with van der Waals surface area (Å²) in [6.07, 6.45) is 0. The van der Waals surface area contributed by atoms with Crippen molar-refractivity contribution in [2.45, 2.75) is 4.90 Å². The molecular weight excluding hydrogens is 231 g/mol. The molecule has 1 radical (unpaired) electrons. The van der Waals surface area contributed by atoms with Gasteiger partial charge in [0.2, 0.25) is 0 Å². The van der Waals surface area contributed by atoms with Gasteiger partial charge in [0.1, 0.15) is 0 Å². The van der Waals surface area contributed by atoms with E-state index in [1.165, 1.54) is 0 Å². The summed E-state index contributed by atoms with van der Waals surface area (Å²) in [4.78, 5) is 0.938. The smallest absolute Gasteiger partial charge is 0.0510 e. The molecule has 0 aromatic heterocycles. The number of halogens is 1. The molecule has 0 nitrogen and oxygen atoms in total. The van der Waals surface area contributed by atoms with Crippen molar-refractivity contribution in [3.8, 4) is 0 Å². The van der Waals surface area contributed by atoms with Crippen LogP contribution in [0.5, 0.6) is 0 Å². The largest absolute Gasteiger partial charge is 0.0790 e. The highest BCUT2D eigenvalue weighted by Gasteiger charge is 1.88. The zero-order valence-electron chi connectivity index (χ0n) is 4.10. The van der Waals surface area contributed by atoms with Crippen LogP contribution in [-0.2, 0) is 0 Å². The van der Waals surface area contributed by atoms with Crippen LogP contribution in [0.3, 0.4) is 0 Å². The Labute approximate surface area is 67.8 Å². The lowest BCUT2D eigenvalue weighted by Crippen LogP contribution is -1.69. The predicted octanol–water partition coefficient (Wildman–Crippen LogP) is 2.85. The van der Waals surface area contributed by atoms with E-state index in [0.717, 1.165) is 8.47 Å². The average Bonchev–Trinajstić information content (AvgIpc) is 1.77. The first-order valence-corrected chi connectivity index (χ1v) is 3.71. The molecule has 8 heavy (non-hydrogen) atoms.